The quantitative estimate of drug-likeness (QED) is 0.675. The van der Waals surface area contributed by atoms with E-state index in [1.165, 1.54) is 0 Å². The molecule has 0 fully saturated rings. The van der Waals surface area contributed by atoms with Crippen LogP contribution in [0.2, 0.25) is 5.02 Å². The van der Waals surface area contributed by atoms with E-state index in [1.807, 2.05) is 54.9 Å². The van der Waals surface area contributed by atoms with Crippen molar-refractivity contribution in [1.82, 2.24) is 24.9 Å². The second-order valence-corrected chi connectivity index (χ2v) is 6.54. The second kappa shape index (κ2) is 8.26. The van der Waals surface area contributed by atoms with Gasteiger partial charge in [0, 0.05) is 6.54 Å². The predicted octanol–water partition coefficient (Wildman–Crippen LogP) is 3.13. The Bertz CT molecular complexity index is 920. The van der Waals surface area contributed by atoms with Gasteiger partial charge in [-0.25, -0.2) is 4.68 Å². The number of halogens is 1. The van der Waals surface area contributed by atoms with E-state index < -0.39 is 6.10 Å². The lowest BCUT2D eigenvalue weighted by molar-refractivity contribution is -0.127. The monoisotopic (exact) mass is 387 g/mol. The number of amides is 1. The summed E-state index contributed by atoms with van der Waals surface area (Å²) in [7, 11) is 0. The molecule has 0 aliphatic rings. The van der Waals surface area contributed by atoms with Gasteiger partial charge < -0.3 is 10.1 Å². The Balaban J connectivity index is 1.62. The number of para-hydroxylation sites is 1. The Labute approximate surface area is 162 Å². The summed E-state index contributed by atoms with van der Waals surface area (Å²) in [6, 6.07) is 11.5. The highest BCUT2D eigenvalue weighted by Crippen LogP contribution is 2.25. The summed E-state index contributed by atoms with van der Waals surface area (Å²) in [5.74, 6) is -0.0283. The van der Waals surface area contributed by atoms with Crippen molar-refractivity contribution in [3.8, 4) is 11.6 Å². The molecule has 7 nitrogen and oxygen atoms in total. The molecule has 1 N–H and O–H groups in total. The van der Waals surface area contributed by atoms with Crippen LogP contribution in [0.4, 0.5) is 0 Å². The Morgan fingerprint density at radius 2 is 2.04 bits per heavy atom. The van der Waals surface area contributed by atoms with Crippen molar-refractivity contribution in [1.29, 1.82) is 0 Å². The van der Waals surface area contributed by atoms with Crippen molar-refractivity contribution in [2.45, 2.75) is 40.0 Å². The van der Waals surface area contributed by atoms with Crippen LogP contribution in [0, 0.1) is 6.92 Å². The molecule has 0 radical (unpaired) electrons. The highest BCUT2D eigenvalue weighted by Gasteiger charge is 2.19. The Morgan fingerprint density at radius 1 is 1.30 bits per heavy atom. The lowest BCUT2D eigenvalue weighted by Crippen LogP contribution is -2.36. The minimum Gasteiger partial charge on any atom is -0.462 e. The summed E-state index contributed by atoms with van der Waals surface area (Å²) in [6.07, 6.45) is 0.917. The second-order valence-electron chi connectivity index (χ2n) is 6.13. The largest absolute Gasteiger partial charge is 0.462 e. The van der Waals surface area contributed by atoms with Gasteiger partial charge in [-0.1, -0.05) is 29.8 Å². The van der Waals surface area contributed by atoms with Crippen molar-refractivity contribution in [3.63, 3.8) is 0 Å². The van der Waals surface area contributed by atoms with Gasteiger partial charge in [0.05, 0.1) is 29.8 Å². The van der Waals surface area contributed by atoms with E-state index in [9.17, 15) is 4.79 Å². The van der Waals surface area contributed by atoms with E-state index in [0.29, 0.717) is 11.6 Å². The first kappa shape index (κ1) is 19.0. The Morgan fingerprint density at radius 3 is 2.74 bits per heavy atom. The summed E-state index contributed by atoms with van der Waals surface area (Å²) >= 11 is 6.21. The van der Waals surface area contributed by atoms with Gasteiger partial charge in [-0.15, -0.1) is 5.10 Å². The summed E-state index contributed by atoms with van der Waals surface area (Å²) in [5, 5.41) is 11.9. The van der Waals surface area contributed by atoms with Gasteiger partial charge in [-0.3, -0.25) is 9.48 Å². The molecule has 0 aliphatic heterocycles. The Kier molecular flexibility index (Phi) is 5.81. The van der Waals surface area contributed by atoms with Crippen molar-refractivity contribution in [2.24, 2.45) is 0 Å². The summed E-state index contributed by atoms with van der Waals surface area (Å²) < 4.78 is 9.14. The van der Waals surface area contributed by atoms with Crippen molar-refractivity contribution < 1.29 is 9.53 Å². The highest BCUT2D eigenvalue weighted by atomic mass is 35.5. The average Bonchev–Trinajstić information content (AvgIpc) is 3.22. The molecule has 3 rings (SSSR count). The van der Waals surface area contributed by atoms with E-state index in [4.69, 9.17) is 16.3 Å². The lowest BCUT2D eigenvalue weighted by Gasteiger charge is -2.13. The van der Waals surface area contributed by atoms with Crippen LogP contribution >= 0.6 is 11.6 Å². The van der Waals surface area contributed by atoms with Crippen LogP contribution in [-0.2, 0) is 17.9 Å². The smallest absolute Gasteiger partial charge is 0.261 e. The van der Waals surface area contributed by atoms with Crippen LogP contribution in [0.1, 0.15) is 25.2 Å². The maximum Gasteiger partial charge on any atom is 0.261 e. The zero-order chi connectivity index (χ0) is 19.4. The summed E-state index contributed by atoms with van der Waals surface area (Å²) in [4.78, 5) is 12.4. The number of aryl methyl sites for hydroxylation is 2. The van der Waals surface area contributed by atoms with Crippen molar-refractivity contribution >= 4 is 17.5 Å². The molecule has 0 aliphatic carbocycles. The molecule has 27 heavy (non-hydrogen) atoms. The minimum absolute atomic E-state index is 0.220. The minimum atomic E-state index is -0.735. The van der Waals surface area contributed by atoms with Gasteiger partial charge in [-0.05, 0) is 39.0 Å². The van der Waals surface area contributed by atoms with Crippen LogP contribution in [0.15, 0.2) is 42.6 Å². The average molecular weight is 388 g/mol. The first-order chi connectivity index (χ1) is 13.0. The normalized spacial score (nSPS) is 12.0. The SMILES string of the molecule is CCn1nc(C)cc1CNC(=O)[C@@H](C)Oc1nn(-c2ccccc2)cc1Cl. The molecular weight excluding hydrogens is 366 g/mol. The molecule has 142 valence electrons. The molecule has 1 amide bonds. The fourth-order valence-electron chi connectivity index (χ4n) is 2.69. The maximum atomic E-state index is 12.4. The van der Waals surface area contributed by atoms with Crippen molar-refractivity contribution in [2.75, 3.05) is 0 Å². The number of nitrogens with one attached hydrogen (secondary N) is 1. The first-order valence-electron chi connectivity index (χ1n) is 8.76. The Hall–Kier alpha value is -2.80. The number of benzene rings is 1. The lowest BCUT2D eigenvalue weighted by atomic mass is 10.3. The molecule has 1 atom stereocenters. The molecule has 2 aromatic heterocycles. The van der Waals surface area contributed by atoms with Crippen LogP contribution in [0.25, 0.3) is 5.69 Å². The zero-order valence-electron chi connectivity index (χ0n) is 15.5. The van der Waals surface area contributed by atoms with Crippen LogP contribution in [-0.4, -0.2) is 31.6 Å². The van der Waals surface area contributed by atoms with Crippen LogP contribution in [0.3, 0.4) is 0 Å². The molecule has 1 aromatic carbocycles. The van der Waals surface area contributed by atoms with Gasteiger partial charge in [0.15, 0.2) is 6.10 Å². The van der Waals surface area contributed by atoms with Gasteiger partial charge >= 0.3 is 0 Å². The zero-order valence-corrected chi connectivity index (χ0v) is 16.3. The van der Waals surface area contributed by atoms with E-state index in [2.05, 4.69) is 15.5 Å². The predicted molar refractivity (Wildman–Crippen MR) is 103 cm³/mol. The molecule has 2 heterocycles. The van der Waals surface area contributed by atoms with E-state index in [1.54, 1.807) is 17.8 Å². The number of hydrogen-bond donors (Lipinski definition) is 1. The number of hydrogen-bond acceptors (Lipinski definition) is 4. The topological polar surface area (TPSA) is 74.0 Å². The molecule has 0 saturated carbocycles. The third-order valence-corrected chi connectivity index (χ3v) is 4.30. The third kappa shape index (κ3) is 4.49. The number of rotatable bonds is 7. The molecular formula is C19H22ClN5O2. The van der Waals surface area contributed by atoms with E-state index in [0.717, 1.165) is 23.6 Å². The molecule has 0 unspecified atom stereocenters. The number of carbonyl (C=O) groups excluding carboxylic acids is 1. The molecule has 8 heteroatoms. The highest BCUT2D eigenvalue weighted by molar-refractivity contribution is 6.31. The summed E-state index contributed by atoms with van der Waals surface area (Å²) in [5.41, 5.74) is 2.72. The number of carbonyl (C=O) groups is 1. The number of nitrogens with zero attached hydrogens (tertiary/aromatic N) is 4. The number of aromatic nitrogens is 4. The van der Waals surface area contributed by atoms with Crippen LogP contribution < -0.4 is 10.1 Å². The standard InChI is InChI=1S/C19H22ClN5O2/c1-4-24-16(10-13(2)22-24)11-21-18(26)14(3)27-19-17(20)12-25(23-19)15-8-6-5-7-9-15/h5-10,12,14H,4,11H2,1-3H3,(H,21,26)/t14-/m1/s1. The fourth-order valence-corrected chi connectivity index (χ4v) is 2.86. The maximum absolute atomic E-state index is 12.4. The van der Waals surface area contributed by atoms with Crippen LogP contribution in [0.5, 0.6) is 5.88 Å². The summed E-state index contributed by atoms with van der Waals surface area (Å²) in [6.45, 7) is 6.73. The molecule has 0 bridgehead atoms. The molecule has 3 aromatic rings. The molecule has 0 spiro atoms. The first-order valence-corrected chi connectivity index (χ1v) is 9.14. The van der Waals surface area contributed by atoms with Gasteiger partial charge in [-0.2, -0.15) is 5.10 Å². The van der Waals surface area contributed by atoms with Gasteiger partial charge in [0.25, 0.3) is 11.8 Å². The van der Waals surface area contributed by atoms with E-state index in [-0.39, 0.29) is 11.8 Å². The van der Waals surface area contributed by atoms with Gasteiger partial charge in [0.1, 0.15) is 5.02 Å². The fraction of sp³-hybridized carbons (Fsp3) is 0.316. The third-order valence-electron chi connectivity index (χ3n) is 4.05. The molecule has 0 saturated heterocycles. The number of ether oxygens (including phenoxy) is 1. The van der Waals surface area contributed by atoms with Gasteiger partial charge in [0.2, 0.25) is 0 Å². The van der Waals surface area contributed by atoms with E-state index >= 15 is 0 Å². The van der Waals surface area contributed by atoms with Crippen molar-refractivity contribution in [3.05, 3.63) is 59.0 Å².